The molecule has 0 bridgehead atoms. The van der Waals surface area contributed by atoms with E-state index in [0.29, 0.717) is 0 Å². The van der Waals surface area contributed by atoms with Gasteiger partial charge in [0.1, 0.15) is 0 Å². The van der Waals surface area contributed by atoms with Crippen molar-refractivity contribution in [2.45, 2.75) is 12.5 Å². The summed E-state index contributed by atoms with van der Waals surface area (Å²) in [6.45, 7) is 5.16. The number of rotatable bonds is 3. The van der Waals surface area contributed by atoms with Gasteiger partial charge >= 0.3 is 0 Å². The summed E-state index contributed by atoms with van der Waals surface area (Å²) in [7, 11) is 2.16. The molecule has 1 aliphatic heterocycles. The molecule has 0 spiro atoms. The number of nitrogens with zero attached hydrogens (tertiary/aromatic N) is 2. The highest BCUT2D eigenvalue weighted by atomic mass is 16.3. The molecule has 1 heterocycles. The molecular weight excluding hydrogens is 212 g/mol. The predicted molar refractivity (Wildman–Crippen MR) is 70.0 cm³/mol. The van der Waals surface area contributed by atoms with Crippen LogP contribution < -0.4 is 0 Å². The SMILES string of the molecule is CN1CCCN(CC(O)c2ccccc2)CC1. The minimum Gasteiger partial charge on any atom is -0.387 e. The van der Waals surface area contributed by atoms with Crippen LogP contribution in [0.15, 0.2) is 30.3 Å². The lowest BCUT2D eigenvalue weighted by Gasteiger charge is -2.23. The van der Waals surface area contributed by atoms with Crippen LogP contribution >= 0.6 is 0 Å². The summed E-state index contributed by atoms with van der Waals surface area (Å²) < 4.78 is 0. The summed E-state index contributed by atoms with van der Waals surface area (Å²) in [4.78, 5) is 4.72. The first kappa shape index (κ1) is 12.6. The van der Waals surface area contributed by atoms with Crippen molar-refractivity contribution in [1.29, 1.82) is 0 Å². The summed E-state index contributed by atoms with van der Waals surface area (Å²) in [5.74, 6) is 0. The minimum absolute atomic E-state index is 0.361. The Morgan fingerprint density at radius 1 is 1.12 bits per heavy atom. The van der Waals surface area contributed by atoms with Gasteiger partial charge in [-0.1, -0.05) is 30.3 Å². The van der Waals surface area contributed by atoms with Gasteiger partial charge in [-0.25, -0.2) is 0 Å². The van der Waals surface area contributed by atoms with E-state index < -0.39 is 0 Å². The van der Waals surface area contributed by atoms with Crippen LogP contribution in [0.5, 0.6) is 0 Å². The first-order chi connectivity index (χ1) is 8.25. The van der Waals surface area contributed by atoms with Gasteiger partial charge in [0.2, 0.25) is 0 Å². The minimum atomic E-state index is -0.361. The topological polar surface area (TPSA) is 26.7 Å². The molecule has 1 atom stereocenters. The van der Waals surface area contributed by atoms with Gasteiger partial charge in [0.15, 0.2) is 0 Å². The van der Waals surface area contributed by atoms with Crippen LogP contribution in [0.25, 0.3) is 0 Å². The standard InChI is InChI=1S/C14H22N2O/c1-15-8-5-9-16(11-10-15)12-14(17)13-6-3-2-4-7-13/h2-4,6-7,14,17H,5,8-12H2,1H3. The summed E-state index contributed by atoms with van der Waals surface area (Å²) in [5, 5.41) is 10.2. The Morgan fingerprint density at radius 3 is 2.65 bits per heavy atom. The fourth-order valence-electron chi connectivity index (χ4n) is 2.31. The Morgan fingerprint density at radius 2 is 1.88 bits per heavy atom. The molecule has 1 aromatic rings. The largest absolute Gasteiger partial charge is 0.387 e. The molecule has 1 aliphatic rings. The first-order valence-corrected chi connectivity index (χ1v) is 6.39. The highest BCUT2D eigenvalue weighted by molar-refractivity contribution is 5.17. The smallest absolute Gasteiger partial charge is 0.0916 e. The summed E-state index contributed by atoms with van der Waals surface area (Å²) in [6.07, 6.45) is 0.831. The van der Waals surface area contributed by atoms with E-state index in [-0.39, 0.29) is 6.10 Å². The Hall–Kier alpha value is -0.900. The van der Waals surface area contributed by atoms with Gasteiger partial charge in [-0.15, -0.1) is 0 Å². The second-order valence-corrected chi connectivity index (χ2v) is 4.88. The van der Waals surface area contributed by atoms with Crippen LogP contribution in [0.3, 0.4) is 0 Å². The second kappa shape index (κ2) is 6.15. The summed E-state index contributed by atoms with van der Waals surface area (Å²) >= 11 is 0. The number of β-amino-alcohol motifs (C(OH)–C–C–N with tert-alkyl or cyclic N) is 1. The van der Waals surface area contributed by atoms with E-state index in [1.807, 2.05) is 30.3 Å². The molecule has 1 fully saturated rings. The number of hydrogen-bond donors (Lipinski definition) is 1. The maximum atomic E-state index is 10.2. The van der Waals surface area contributed by atoms with Gasteiger partial charge in [0.25, 0.3) is 0 Å². The summed E-state index contributed by atoms with van der Waals surface area (Å²) in [5.41, 5.74) is 1.02. The van der Waals surface area contributed by atoms with Crippen LogP contribution in [-0.2, 0) is 0 Å². The van der Waals surface area contributed by atoms with Crippen molar-refractivity contribution in [3.8, 4) is 0 Å². The van der Waals surface area contributed by atoms with Crippen LogP contribution in [-0.4, -0.2) is 54.7 Å². The fourth-order valence-corrected chi connectivity index (χ4v) is 2.31. The number of aliphatic hydroxyl groups is 1. The fraction of sp³-hybridized carbons (Fsp3) is 0.571. The van der Waals surface area contributed by atoms with E-state index in [1.165, 1.54) is 6.42 Å². The average molecular weight is 234 g/mol. The molecular formula is C14H22N2O. The van der Waals surface area contributed by atoms with E-state index >= 15 is 0 Å². The van der Waals surface area contributed by atoms with Gasteiger partial charge in [-0.05, 0) is 32.1 Å². The maximum absolute atomic E-state index is 10.2. The quantitative estimate of drug-likeness (QED) is 0.855. The lowest BCUT2D eigenvalue weighted by atomic mass is 10.1. The molecule has 2 rings (SSSR count). The normalized spacial score (nSPS) is 21.1. The van der Waals surface area contributed by atoms with Crippen molar-refractivity contribution in [1.82, 2.24) is 9.80 Å². The zero-order valence-electron chi connectivity index (χ0n) is 10.5. The summed E-state index contributed by atoms with van der Waals surface area (Å²) in [6, 6.07) is 9.93. The van der Waals surface area contributed by atoms with E-state index in [4.69, 9.17) is 0 Å². The number of benzene rings is 1. The van der Waals surface area contributed by atoms with Crippen molar-refractivity contribution in [3.05, 3.63) is 35.9 Å². The van der Waals surface area contributed by atoms with Crippen molar-refractivity contribution >= 4 is 0 Å². The van der Waals surface area contributed by atoms with Gasteiger partial charge in [-0.2, -0.15) is 0 Å². The molecule has 1 saturated heterocycles. The van der Waals surface area contributed by atoms with E-state index in [0.717, 1.165) is 38.3 Å². The Labute approximate surface area is 104 Å². The van der Waals surface area contributed by atoms with Crippen LogP contribution in [0.1, 0.15) is 18.1 Å². The third-order valence-corrected chi connectivity index (χ3v) is 3.43. The molecule has 1 aromatic carbocycles. The molecule has 3 nitrogen and oxygen atoms in total. The number of aliphatic hydroxyl groups excluding tert-OH is 1. The lowest BCUT2D eigenvalue weighted by Crippen LogP contribution is -2.32. The number of likely N-dealkylation sites (N-methyl/N-ethyl adjacent to an activating group) is 1. The average Bonchev–Trinajstić information content (AvgIpc) is 2.56. The maximum Gasteiger partial charge on any atom is 0.0916 e. The Kier molecular flexibility index (Phi) is 4.54. The highest BCUT2D eigenvalue weighted by Crippen LogP contribution is 2.14. The van der Waals surface area contributed by atoms with E-state index in [9.17, 15) is 5.11 Å². The van der Waals surface area contributed by atoms with Crippen molar-refractivity contribution < 1.29 is 5.11 Å². The van der Waals surface area contributed by atoms with E-state index in [2.05, 4.69) is 16.8 Å². The molecule has 0 saturated carbocycles. The van der Waals surface area contributed by atoms with Crippen LogP contribution in [0.4, 0.5) is 0 Å². The first-order valence-electron chi connectivity index (χ1n) is 6.39. The van der Waals surface area contributed by atoms with Crippen LogP contribution in [0, 0.1) is 0 Å². The molecule has 0 radical (unpaired) electrons. The zero-order chi connectivity index (χ0) is 12.1. The van der Waals surface area contributed by atoms with Crippen molar-refractivity contribution in [3.63, 3.8) is 0 Å². The van der Waals surface area contributed by atoms with Crippen molar-refractivity contribution in [2.24, 2.45) is 0 Å². The monoisotopic (exact) mass is 234 g/mol. The Balaban J connectivity index is 1.88. The highest BCUT2D eigenvalue weighted by Gasteiger charge is 2.16. The van der Waals surface area contributed by atoms with Crippen LogP contribution in [0.2, 0.25) is 0 Å². The number of hydrogen-bond acceptors (Lipinski definition) is 3. The third-order valence-electron chi connectivity index (χ3n) is 3.43. The second-order valence-electron chi connectivity index (χ2n) is 4.88. The molecule has 3 heteroatoms. The van der Waals surface area contributed by atoms with Gasteiger partial charge < -0.3 is 10.0 Å². The van der Waals surface area contributed by atoms with Gasteiger partial charge in [0, 0.05) is 19.6 Å². The Bertz CT molecular complexity index is 328. The van der Waals surface area contributed by atoms with Gasteiger partial charge in [0.05, 0.1) is 6.10 Å². The molecule has 0 aromatic heterocycles. The molecule has 0 aliphatic carbocycles. The molecule has 94 valence electrons. The predicted octanol–water partition coefficient (Wildman–Crippen LogP) is 1.36. The molecule has 1 N–H and O–H groups in total. The van der Waals surface area contributed by atoms with Crippen molar-refractivity contribution in [2.75, 3.05) is 39.8 Å². The molecule has 1 unspecified atom stereocenters. The zero-order valence-corrected chi connectivity index (χ0v) is 10.5. The van der Waals surface area contributed by atoms with E-state index in [1.54, 1.807) is 0 Å². The molecule has 0 amide bonds. The third kappa shape index (κ3) is 3.80. The van der Waals surface area contributed by atoms with Gasteiger partial charge in [-0.3, -0.25) is 4.90 Å². The molecule has 17 heavy (non-hydrogen) atoms. The lowest BCUT2D eigenvalue weighted by molar-refractivity contribution is 0.115.